The highest BCUT2D eigenvalue weighted by Gasteiger charge is 2.10. The predicted octanol–water partition coefficient (Wildman–Crippen LogP) is 3.87. The van der Waals surface area contributed by atoms with Gasteiger partial charge in [0, 0.05) is 11.4 Å². The molecule has 0 bridgehead atoms. The summed E-state index contributed by atoms with van der Waals surface area (Å²) >= 11 is 5.96. The molecule has 1 aromatic heterocycles. The Hall–Kier alpha value is -1.78. The summed E-state index contributed by atoms with van der Waals surface area (Å²) in [5.74, 6) is 0.637. The van der Waals surface area contributed by atoms with Crippen molar-refractivity contribution in [3.8, 4) is 0 Å². The van der Waals surface area contributed by atoms with Gasteiger partial charge in [0.05, 0.1) is 7.11 Å². The van der Waals surface area contributed by atoms with Gasteiger partial charge in [-0.15, -0.1) is 0 Å². The summed E-state index contributed by atoms with van der Waals surface area (Å²) in [5, 5.41) is 4.21. The Bertz CT molecular complexity index is 624. The van der Waals surface area contributed by atoms with Gasteiger partial charge in [0.1, 0.15) is 5.76 Å². The minimum atomic E-state index is -0.435. The molecule has 2 rings (SSSR count). The Morgan fingerprint density at radius 2 is 1.96 bits per heavy atom. The van der Waals surface area contributed by atoms with Crippen molar-refractivity contribution in [2.24, 2.45) is 0 Å². The van der Waals surface area contributed by atoms with Crippen LogP contribution in [0.4, 0.5) is 0 Å². The van der Waals surface area contributed by atoms with Crippen molar-refractivity contribution in [1.29, 1.82) is 0 Å². The molecule has 0 fully saturated rings. The second-order valence-corrected chi connectivity index (χ2v) is 5.78. The Kier molecular flexibility index (Phi) is 7.17. The number of benzene rings is 1. The third-order valence-electron chi connectivity index (χ3n) is 3.53. The standard InChI is InChI=1S/C18H22ClNO3/c1-22-18(21)17-10-9-16(23-17)8-4-12-20-11-3-6-14-5-2-7-15(19)13-14/h2,5,7,9-10,13,20H,3-4,6,8,11-12H2,1H3. The molecule has 23 heavy (non-hydrogen) atoms. The van der Waals surface area contributed by atoms with E-state index in [2.05, 4.69) is 16.1 Å². The number of rotatable bonds is 9. The maximum Gasteiger partial charge on any atom is 0.373 e. The van der Waals surface area contributed by atoms with E-state index >= 15 is 0 Å². The Morgan fingerprint density at radius 3 is 2.70 bits per heavy atom. The van der Waals surface area contributed by atoms with Crippen LogP contribution in [0, 0.1) is 0 Å². The maximum atomic E-state index is 11.3. The van der Waals surface area contributed by atoms with Gasteiger partial charge in [-0.25, -0.2) is 4.79 Å². The molecule has 0 unspecified atom stereocenters. The molecule has 124 valence electrons. The van der Waals surface area contributed by atoms with Gasteiger partial charge in [0.15, 0.2) is 0 Å². The summed E-state index contributed by atoms with van der Waals surface area (Å²) < 4.78 is 10.0. The smallest absolute Gasteiger partial charge is 0.373 e. The van der Waals surface area contributed by atoms with Crippen molar-refractivity contribution in [3.63, 3.8) is 0 Å². The molecule has 2 aromatic rings. The molecule has 1 N–H and O–H groups in total. The molecule has 0 aliphatic heterocycles. The molecular weight excluding hydrogens is 314 g/mol. The van der Waals surface area contributed by atoms with Crippen molar-refractivity contribution in [3.05, 3.63) is 58.5 Å². The average molecular weight is 336 g/mol. The number of nitrogens with one attached hydrogen (secondary N) is 1. The molecule has 0 saturated heterocycles. The fourth-order valence-electron chi connectivity index (χ4n) is 2.35. The normalized spacial score (nSPS) is 10.7. The van der Waals surface area contributed by atoms with Gasteiger partial charge < -0.3 is 14.5 Å². The molecule has 0 aliphatic rings. The monoisotopic (exact) mass is 335 g/mol. The van der Waals surface area contributed by atoms with E-state index in [1.807, 2.05) is 24.3 Å². The summed E-state index contributed by atoms with van der Waals surface area (Å²) in [5.41, 5.74) is 1.27. The summed E-state index contributed by atoms with van der Waals surface area (Å²) in [7, 11) is 1.35. The zero-order valence-electron chi connectivity index (χ0n) is 13.3. The van der Waals surface area contributed by atoms with Gasteiger partial charge in [0.2, 0.25) is 5.76 Å². The highest BCUT2D eigenvalue weighted by molar-refractivity contribution is 6.30. The Balaban J connectivity index is 1.56. The molecule has 0 spiro atoms. The molecule has 0 radical (unpaired) electrons. The fraction of sp³-hybridized carbons (Fsp3) is 0.389. The number of carbonyl (C=O) groups excluding carboxylic acids is 1. The van der Waals surface area contributed by atoms with E-state index in [1.165, 1.54) is 12.7 Å². The lowest BCUT2D eigenvalue weighted by atomic mass is 10.1. The van der Waals surface area contributed by atoms with Crippen LogP contribution in [0.25, 0.3) is 0 Å². The van der Waals surface area contributed by atoms with E-state index in [-0.39, 0.29) is 5.76 Å². The lowest BCUT2D eigenvalue weighted by Crippen LogP contribution is -2.17. The van der Waals surface area contributed by atoms with Crippen LogP contribution >= 0.6 is 11.6 Å². The average Bonchev–Trinajstić information content (AvgIpc) is 3.02. The van der Waals surface area contributed by atoms with Crippen LogP contribution in [0.2, 0.25) is 5.02 Å². The van der Waals surface area contributed by atoms with E-state index in [0.29, 0.717) is 0 Å². The van der Waals surface area contributed by atoms with Crippen LogP contribution < -0.4 is 5.32 Å². The van der Waals surface area contributed by atoms with Crippen LogP contribution in [0.5, 0.6) is 0 Å². The number of furan rings is 1. The molecule has 1 aromatic carbocycles. The van der Waals surface area contributed by atoms with Crippen molar-refractivity contribution in [2.75, 3.05) is 20.2 Å². The fourth-order valence-corrected chi connectivity index (χ4v) is 2.56. The molecule has 1 heterocycles. The SMILES string of the molecule is COC(=O)c1ccc(CCCNCCCc2cccc(Cl)c2)o1. The van der Waals surface area contributed by atoms with Gasteiger partial charge in [-0.1, -0.05) is 23.7 Å². The molecular formula is C18H22ClNO3. The zero-order valence-corrected chi connectivity index (χ0v) is 14.1. The molecule has 0 amide bonds. The first-order chi connectivity index (χ1) is 11.2. The number of esters is 1. The van der Waals surface area contributed by atoms with Crippen LogP contribution in [0.3, 0.4) is 0 Å². The highest BCUT2D eigenvalue weighted by atomic mass is 35.5. The zero-order chi connectivity index (χ0) is 16.5. The second kappa shape index (κ2) is 9.38. The number of ether oxygens (including phenoxy) is 1. The van der Waals surface area contributed by atoms with E-state index in [0.717, 1.165) is 49.6 Å². The Morgan fingerprint density at radius 1 is 1.17 bits per heavy atom. The van der Waals surface area contributed by atoms with E-state index in [9.17, 15) is 4.79 Å². The first-order valence-electron chi connectivity index (χ1n) is 7.81. The summed E-state index contributed by atoms with van der Waals surface area (Å²) in [6.45, 7) is 1.89. The number of hydrogen-bond donors (Lipinski definition) is 1. The van der Waals surface area contributed by atoms with Gasteiger partial charge in [-0.3, -0.25) is 0 Å². The molecule has 4 nitrogen and oxygen atoms in total. The highest BCUT2D eigenvalue weighted by Crippen LogP contribution is 2.12. The maximum absolute atomic E-state index is 11.3. The first-order valence-corrected chi connectivity index (χ1v) is 8.19. The number of carbonyl (C=O) groups is 1. The quantitative estimate of drug-likeness (QED) is 0.558. The number of methoxy groups -OCH3 is 1. The van der Waals surface area contributed by atoms with E-state index in [4.69, 9.17) is 16.0 Å². The van der Waals surface area contributed by atoms with Crippen LogP contribution in [0.1, 0.15) is 34.7 Å². The predicted molar refractivity (Wildman–Crippen MR) is 91.0 cm³/mol. The molecule has 0 aliphatic carbocycles. The lowest BCUT2D eigenvalue weighted by molar-refractivity contribution is 0.0563. The van der Waals surface area contributed by atoms with Gasteiger partial charge >= 0.3 is 5.97 Å². The minimum Gasteiger partial charge on any atom is -0.463 e. The summed E-state index contributed by atoms with van der Waals surface area (Å²) in [4.78, 5) is 11.3. The van der Waals surface area contributed by atoms with Crippen molar-refractivity contribution in [1.82, 2.24) is 5.32 Å². The third-order valence-corrected chi connectivity index (χ3v) is 3.77. The topological polar surface area (TPSA) is 51.5 Å². The van der Waals surface area contributed by atoms with Crippen LogP contribution in [-0.2, 0) is 17.6 Å². The van der Waals surface area contributed by atoms with Gasteiger partial charge in [-0.2, -0.15) is 0 Å². The van der Waals surface area contributed by atoms with Crippen molar-refractivity contribution < 1.29 is 13.9 Å². The molecule has 0 atom stereocenters. The number of halogens is 1. The lowest BCUT2D eigenvalue weighted by Gasteiger charge is -2.05. The van der Waals surface area contributed by atoms with Gasteiger partial charge in [-0.05, 0) is 62.2 Å². The third kappa shape index (κ3) is 6.08. The Labute approximate surface area is 141 Å². The largest absolute Gasteiger partial charge is 0.463 e. The summed E-state index contributed by atoms with van der Waals surface area (Å²) in [6, 6.07) is 11.5. The second-order valence-electron chi connectivity index (χ2n) is 5.34. The molecule has 0 saturated carbocycles. The number of hydrogen-bond acceptors (Lipinski definition) is 4. The van der Waals surface area contributed by atoms with Crippen LogP contribution in [0.15, 0.2) is 40.8 Å². The first kappa shape index (κ1) is 17.6. The van der Waals surface area contributed by atoms with E-state index < -0.39 is 5.97 Å². The minimum absolute atomic E-state index is 0.261. The van der Waals surface area contributed by atoms with Gasteiger partial charge in [0.25, 0.3) is 0 Å². The van der Waals surface area contributed by atoms with Crippen LogP contribution in [-0.4, -0.2) is 26.2 Å². The van der Waals surface area contributed by atoms with Crippen molar-refractivity contribution in [2.45, 2.75) is 25.7 Å². The summed E-state index contributed by atoms with van der Waals surface area (Å²) in [6.07, 6.45) is 3.87. The van der Waals surface area contributed by atoms with E-state index in [1.54, 1.807) is 6.07 Å². The van der Waals surface area contributed by atoms with Crippen molar-refractivity contribution >= 4 is 17.6 Å². The number of aryl methyl sites for hydroxylation is 2. The molecule has 5 heteroatoms.